The smallest absolute Gasteiger partial charge is 0.406 e. The number of methoxy groups -OCH3 is 1. The number of carbonyl (C=O) groups excluding carboxylic acids is 2. The fourth-order valence-electron chi connectivity index (χ4n) is 5.23. The molecule has 3 fully saturated rings. The standard InChI is InChI=1S/C19H32N2O3/c1-3-14(11-20-18(23)24-2)17(22)21-12-19(13-21)9-8-16(10-19)15-6-4-5-7-15/h14-16H,3-13H2,1-2H3,(H,20,23). The molecule has 1 N–H and O–H groups in total. The van der Waals surface area contributed by atoms with E-state index >= 15 is 0 Å². The summed E-state index contributed by atoms with van der Waals surface area (Å²) in [4.78, 5) is 25.9. The Morgan fingerprint density at radius 2 is 1.92 bits per heavy atom. The number of hydrogen-bond donors (Lipinski definition) is 1. The van der Waals surface area contributed by atoms with E-state index in [4.69, 9.17) is 0 Å². The van der Waals surface area contributed by atoms with Crippen molar-refractivity contribution in [3.8, 4) is 0 Å². The molecule has 2 aliphatic carbocycles. The van der Waals surface area contributed by atoms with Gasteiger partial charge in [0.25, 0.3) is 0 Å². The molecule has 0 aromatic rings. The van der Waals surface area contributed by atoms with Crippen molar-refractivity contribution in [2.24, 2.45) is 23.2 Å². The summed E-state index contributed by atoms with van der Waals surface area (Å²) < 4.78 is 4.59. The van der Waals surface area contributed by atoms with Gasteiger partial charge in [-0.05, 0) is 37.5 Å². The Hall–Kier alpha value is -1.26. The lowest BCUT2D eigenvalue weighted by Gasteiger charge is -2.49. The molecule has 3 aliphatic rings. The second-order valence-electron chi connectivity index (χ2n) is 8.22. The maximum Gasteiger partial charge on any atom is 0.406 e. The highest BCUT2D eigenvalue weighted by atomic mass is 16.5. The van der Waals surface area contributed by atoms with Gasteiger partial charge in [0.2, 0.25) is 5.91 Å². The van der Waals surface area contributed by atoms with Crippen LogP contribution in [0.1, 0.15) is 58.3 Å². The summed E-state index contributed by atoms with van der Waals surface area (Å²) in [6, 6.07) is 0. The normalized spacial score (nSPS) is 27.1. The second kappa shape index (κ2) is 7.32. The van der Waals surface area contributed by atoms with Crippen molar-refractivity contribution in [1.82, 2.24) is 10.2 Å². The third-order valence-corrected chi connectivity index (χ3v) is 6.69. The van der Waals surface area contributed by atoms with Crippen molar-refractivity contribution in [2.45, 2.75) is 58.3 Å². The van der Waals surface area contributed by atoms with Gasteiger partial charge in [-0.2, -0.15) is 0 Å². The number of nitrogens with one attached hydrogen (secondary N) is 1. The van der Waals surface area contributed by atoms with E-state index in [9.17, 15) is 9.59 Å². The average Bonchev–Trinajstić information content (AvgIpc) is 3.22. The molecule has 0 bridgehead atoms. The molecule has 2 atom stereocenters. The SMILES string of the molecule is CCC(CNC(=O)OC)C(=O)N1CC2(CCC(C3CCCC3)C2)C1. The minimum atomic E-state index is -0.462. The minimum Gasteiger partial charge on any atom is -0.453 e. The highest BCUT2D eigenvalue weighted by molar-refractivity contribution is 5.80. The molecule has 2 amide bonds. The van der Waals surface area contributed by atoms with Crippen LogP contribution in [0.4, 0.5) is 4.79 Å². The van der Waals surface area contributed by atoms with Gasteiger partial charge in [0, 0.05) is 25.0 Å². The maximum absolute atomic E-state index is 12.7. The quantitative estimate of drug-likeness (QED) is 0.839. The number of hydrogen-bond acceptors (Lipinski definition) is 3. The summed E-state index contributed by atoms with van der Waals surface area (Å²) in [5.74, 6) is 1.94. The molecule has 2 saturated carbocycles. The van der Waals surface area contributed by atoms with E-state index in [2.05, 4.69) is 10.1 Å². The molecule has 0 radical (unpaired) electrons. The minimum absolute atomic E-state index is 0.131. The number of carbonyl (C=O) groups is 2. The molecule has 1 aliphatic heterocycles. The fourth-order valence-corrected chi connectivity index (χ4v) is 5.23. The molecule has 24 heavy (non-hydrogen) atoms. The van der Waals surface area contributed by atoms with E-state index in [-0.39, 0.29) is 11.8 Å². The van der Waals surface area contributed by atoms with Crippen LogP contribution < -0.4 is 5.32 Å². The summed E-state index contributed by atoms with van der Waals surface area (Å²) >= 11 is 0. The van der Waals surface area contributed by atoms with Crippen molar-refractivity contribution >= 4 is 12.0 Å². The van der Waals surface area contributed by atoms with Gasteiger partial charge in [0.15, 0.2) is 0 Å². The van der Waals surface area contributed by atoms with Crippen LogP contribution >= 0.6 is 0 Å². The molecule has 1 heterocycles. The van der Waals surface area contributed by atoms with Crippen molar-refractivity contribution < 1.29 is 14.3 Å². The van der Waals surface area contributed by atoms with Crippen LogP contribution in [0.5, 0.6) is 0 Å². The first-order chi connectivity index (χ1) is 11.6. The molecule has 5 nitrogen and oxygen atoms in total. The Bertz CT molecular complexity index is 467. The summed E-state index contributed by atoms with van der Waals surface area (Å²) in [7, 11) is 1.35. The lowest BCUT2D eigenvalue weighted by atomic mass is 9.75. The van der Waals surface area contributed by atoms with E-state index in [0.717, 1.165) is 31.3 Å². The number of likely N-dealkylation sites (tertiary alicyclic amines) is 1. The van der Waals surface area contributed by atoms with Gasteiger partial charge < -0.3 is 15.0 Å². The number of ether oxygens (including phenoxy) is 1. The number of rotatable bonds is 5. The molecule has 5 heteroatoms. The zero-order chi connectivity index (χ0) is 17.2. The Morgan fingerprint density at radius 3 is 2.54 bits per heavy atom. The molecule has 0 aromatic heterocycles. The van der Waals surface area contributed by atoms with Crippen molar-refractivity contribution in [2.75, 3.05) is 26.7 Å². The first kappa shape index (κ1) is 17.6. The van der Waals surface area contributed by atoms with E-state index in [0.29, 0.717) is 12.0 Å². The largest absolute Gasteiger partial charge is 0.453 e. The first-order valence-corrected chi connectivity index (χ1v) is 9.67. The van der Waals surface area contributed by atoms with Crippen molar-refractivity contribution in [3.05, 3.63) is 0 Å². The van der Waals surface area contributed by atoms with E-state index < -0.39 is 6.09 Å². The Morgan fingerprint density at radius 1 is 1.21 bits per heavy atom. The first-order valence-electron chi connectivity index (χ1n) is 9.67. The highest BCUT2D eigenvalue weighted by Crippen LogP contribution is 2.52. The molecule has 0 aromatic carbocycles. The predicted molar refractivity (Wildman–Crippen MR) is 92.5 cm³/mol. The van der Waals surface area contributed by atoms with Gasteiger partial charge >= 0.3 is 6.09 Å². The third kappa shape index (κ3) is 3.55. The van der Waals surface area contributed by atoms with Crippen LogP contribution in [0.15, 0.2) is 0 Å². The van der Waals surface area contributed by atoms with Crippen LogP contribution in [0, 0.1) is 23.2 Å². The summed E-state index contributed by atoms with van der Waals surface area (Å²) in [6.07, 6.45) is 9.99. The molecule has 1 saturated heterocycles. The second-order valence-corrected chi connectivity index (χ2v) is 8.22. The third-order valence-electron chi connectivity index (χ3n) is 6.69. The number of nitrogens with zero attached hydrogens (tertiary/aromatic N) is 1. The highest BCUT2D eigenvalue weighted by Gasteiger charge is 2.51. The van der Waals surface area contributed by atoms with Gasteiger partial charge in [-0.1, -0.05) is 32.6 Å². The van der Waals surface area contributed by atoms with Gasteiger partial charge in [-0.15, -0.1) is 0 Å². The number of amides is 2. The molecular formula is C19H32N2O3. The lowest BCUT2D eigenvalue weighted by Crippen LogP contribution is -2.59. The fraction of sp³-hybridized carbons (Fsp3) is 0.895. The summed E-state index contributed by atoms with van der Waals surface area (Å²) in [5.41, 5.74) is 0.414. The molecular weight excluding hydrogens is 304 g/mol. The monoisotopic (exact) mass is 336 g/mol. The van der Waals surface area contributed by atoms with Crippen molar-refractivity contribution in [1.29, 1.82) is 0 Å². The summed E-state index contributed by atoms with van der Waals surface area (Å²) in [5, 5.41) is 2.66. The van der Waals surface area contributed by atoms with Crippen LogP contribution in [0.25, 0.3) is 0 Å². The van der Waals surface area contributed by atoms with Gasteiger partial charge in [-0.3, -0.25) is 4.79 Å². The Labute approximate surface area is 145 Å². The van der Waals surface area contributed by atoms with E-state index in [1.165, 1.54) is 52.1 Å². The average molecular weight is 336 g/mol. The molecule has 3 rings (SSSR count). The molecule has 1 spiro atoms. The van der Waals surface area contributed by atoms with Crippen LogP contribution in [-0.4, -0.2) is 43.6 Å². The van der Waals surface area contributed by atoms with E-state index in [1.54, 1.807) is 0 Å². The Balaban J connectivity index is 1.46. The van der Waals surface area contributed by atoms with Crippen LogP contribution in [0.3, 0.4) is 0 Å². The molecule has 136 valence electrons. The zero-order valence-electron chi connectivity index (χ0n) is 15.2. The topological polar surface area (TPSA) is 58.6 Å². The van der Waals surface area contributed by atoms with E-state index in [1.807, 2.05) is 11.8 Å². The predicted octanol–water partition coefficient (Wildman–Crippen LogP) is 3.19. The summed E-state index contributed by atoms with van der Waals surface area (Å²) in [6.45, 7) is 4.24. The van der Waals surface area contributed by atoms with Gasteiger partial charge in [0.1, 0.15) is 0 Å². The number of alkyl carbamates (subject to hydrolysis) is 1. The Kier molecular flexibility index (Phi) is 5.36. The van der Waals surface area contributed by atoms with Gasteiger partial charge in [-0.25, -0.2) is 4.79 Å². The molecule has 2 unspecified atom stereocenters. The lowest BCUT2D eigenvalue weighted by molar-refractivity contribution is -0.147. The van der Waals surface area contributed by atoms with Crippen LogP contribution in [0.2, 0.25) is 0 Å². The maximum atomic E-state index is 12.7. The van der Waals surface area contributed by atoms with Crippen LogP contribution in [-0.2, 0) is 9.53 Å². The zero-order valence-corrected chi connectivity index (χ0v) is 15.2. The van der Waals surface area contributed by atoms with Crippen molar-refractivity contribution in [3.63, 3.8) is 0 Å². The van der Waals surface area contributed by atoms with Gasteiger partial charge in [0.05, 0.1) is 13.0 Å².